The molecule has 0 aliphatic carbocycles. The summed E-state index contributed by atoms with van der Waals surface area (Å²) in [7, 11) is 0. The summed E-state index contributed by atoms with van der Waals surface area (Å²) >= 11 is 0. The third-order valence-corrected chi connectivity index (χ3v) is 2.98. The standard InChI is InChI=1S/C13H11F3N6O2/c14-13(15,16)12-20-19-10-4-3-9(21-22(10)12)17-5-6-18-11(23)8-2-1-7-24-8/h1-4,7H,5-6H2,(H,17,21)(H,18,23). The summed E-state index contributed by atoms with van der Waals surface area (Å²) in [5, 5.41) is 15.7. The van der Waals surface area contributed by atoms with Crippen LogP contribution >= 0.6 is 0 Å². The second kappa shape index (κ2) is 6.18. The first-order valence-electron chi connectivity index (χ1n) is 6.80. The zero-order chi connectivity index (χ0) is 17.2. The molecule has 0 aromatic carbocycles. The number of furan rings is 1. The maximum absolute atomic E-state index is 12.8. The van der Waals surface area contributed by atoms with E-state index in [1.807, 2.05) is 0 Å². The van der Waals surface area contributed by atoms with Gasteiger partial charge in [-0.05, 0) is 24.3 Å². The van der Waals surface area contributed by atoms with Crippen molar-refractivity contribution in [2.75, 3.05) is 18.4 Å². The summed E-state index contributed by atoms with van der Waals surface area (Å²) in [6, 6.07) is 5.93. The minimum Gasteiger partial charge on any atom is -0.459 e. The van der Waals surface area contributed by atoms with Crippen molar-refractivity contribution in [2.24, 2.45) is 0 Å². The van der Waals surface area contributed by atoms with Gasteiger partial charge < -0.3 is 15.1 Å². The highest BCUT2D eigenvalue weighted by Gasteiger charge is 2.37. The minimum atomic E-state index is -4.65. The molecule has 0 fully saturated rings. The van der Waals surface area contributed by atoms with Crippen LogP contribution in [0, 0.1) is 0 Å². The Kier molecular flexibility index (Phi) is 4.06. The van der Waals surface area contributed by atoms with Crippen LogP contribution in [-0.2, 0) is 6.18 Å². The predicted molar refractivity (Wildman–Crippen MR) is 75.3 cm³/mol. The van der Waals surface area contributed by atoms with Crippen LogP contribution in [-0.4, -0.2) is 38.8 Å². The van der Waals surface area contributed by atoms with Crippen LogP contribution in [0.25, 0.3) is 5.65 Å². The monoisotopic (exact) mass is 340 g/mol. The Labute approximate surface area is 132 Å². The molecule has 0 radical (unpaired) electrons. The molecule has 0 bridgehead atoms. The van der Waals surface area contributed by atoms with Crippen LogP contribution < -0.4 is 10.6 Å². The molecule has 3 heterocycles. The molecular formula is C13H11F3N6O2. The van der Waals surface area contributed by atoms with E-state index in [0.29, 0.717) is 4.52 Å². The number of hydrogen-bond donors (Lipinski definition) is 2. The summed E-state index contributed by atoms with van der Waals surface area (Å²) < 4.78 is 43.9. The molecule has 3 aromatic heterocycles. The van der Waals surface area contributed by atoms with Crippen molar-refractivity contribution in [3.8, 4) is 0 Å². The number of hydrogen-bond acceptors (Lipinski definition) is 6. The van der Waals surface area contributed by atoms with Crippen LogP contribution in [0.4, 0.5) is 19.0 Å². The number of aromatic nitrogens is 4. The average Bonchev–Trinajstić information content (AvgIpc) is 3.19. The number of halogens is 3. The molecule has 8 nitrogen and oxygen atoms in total. The fourth-order valence-corrected chi connectivity index (χ4v) is 1.92. The van der Waals surface area contributed by atoms with Gasteiger partial charge in [-0.2, -0.15) is 17.7 Å². The molecule has 11 heteroatoms. The van der Waals surface area contributed by atoms with E-state index < -0.39 is 12.0 Å². The van der Waals surface area contributed by atoms with Crippen molar-refractivity contribution < 1.29 is 22.4 Å². The first kappa shape index (κ1) is 15.8. The van der Waals surface area contributed by atoms with E-state index in [-0.39, 0.29) is 36.2 Å². The number of nitrogens with one attached hydrogen (secondary N) is 2. The Hall–Kier alpha value is -3.11. The van der Waals surface area contributed by atoms with Gasteiger partial charge in [-0.25, -0.2) is 0 Å². The minimum absolute atomic E-state index is 0.0148. The third-order valence-electron chi connectivity index (χ3n) is 2.98. The second-order valence-electron chi connectivity index (χ2n) is 4.67. The van der Waals surface area contributed by atoms with E-state index in [0.717, 1.165) is 0 Å². The molecule has 2 N–H and O–H groups in total. The van der Waals surface area contributed by atoms with E-state index >= 15 is 0 Å². The molecule has 0 aliphatic rings. The molecule has 0 atom stereocenters. The van der Waals surface area contributed by atoms with Crippen molar-refractivity contribution in [3.63, 3.8) is 0 Å². The van der Waals surface area contributed by atoms with Crippen molar-refractivity contribution >= 4 is 17.4 Å². The average molecular weight is 340 g/mol. The Bertz CT molecular complexity index is 843. The third kappa shape index (κ3) is 3.29. The van der Waals surface area contributed by atoms with Crippen molar-refractivity contribution in [1.29, 1.82) is 0 Å². The highest BCUT2D eigenvalue weighted by Crippen LogP contribution is 2.27. The largest absolute Gasteiger partial charge is 0.459 e. The molecule has 0 spiro atoms. The van der Waals surface area contributed by atoms with E-state index in [1.165, 1.54) is 24.5 Å². The van der Waals surface area contributed by atoms with E-state index in [1.54, 1.807) is 6.07 Å². The van der Waals surface area contributed by atoms with Crippen LogP contribution in [0.3, 0.4) is 0 Å². The molecule has 0 saturated carbocycles. The quantitative estimate of drug-likeness (QED) is 0.685. The molecule has 1 amide bonds. The van der Waals surface area contributed by atoms with Crippen LogP contribution in [0.2, 0.25) is 0 Å². The Morgan fingerprint density at radius 1 is 1.21 bits per heavy atom. The number of nitrogens with zero attached hydrogens (tertiary/aromatic N) is 4. The van der Waals surface area contributed by atoms with E-state index in [4.69, 9.17) is 4.42 Å². The Morgan fingerprint density at radius 3 is 2.75 bits per heavy atom. The van der Waals surface area contributed by atoms with Crippen LogP contribution in [0.15, 0.2) is 34.9 Å². The van der Waals surface area contributed by atoms with Gasteiger partial charge in [-0.15, -0.1) is 15.3 Å². The Morgan fingerprint density at radius 2 is 2.04 bits per heavy atom. The molecule has 126 valence electrons. The SMILES string of the molecule is O=C(NCCNc1ccc2nnc(C(F)(F)F)n2n1)c1ccco1. The van der Waals surface area contributed by atoms with Gasteiger partial charge in [0.25, 0.3) is 11.7 Å². The number of amides is 1. The number of anilines is 1. The van der Waals surface area contributed by atoms with Gasteiger partial charge in [0.2, 0.25) is 0 Å². The molecule has 3 aromatic rings. The number of carbonyl (C=O) groups is 1. The lowest BCUT2D eigenvalue weighted by molar-refractivity contribution is -0.146. The number of alkyl halides is 3. The van der Waals surface area contributed by atoms with Crippen LogP contribution in [0.1, 0.15) is 16.4 Å². The lowest BCUT2D eigenvalue weighted by Crippen LogP contribution is -2.28. The van der Waals surface area contributed by atoms with Gasteiger partial charge in [0, 0.05) is 13.1 Å². The van der Waals surface area contributed by atoms with Crippen molar-refractivity contribution in [3.05, 3.63) is 42.1 Å². The number of rotatable bonds is 5. The predicted octanol–water partition coefficient (Wildman–Crippen LogP) is 1.58. The maximum Gasteiger partial charge on any atom is 0.453 e. The summed E-state index contributed by atoms with van der Waals surface area (Å²) in [4.78, 5) is 11.6. The van der Waals surface area contributed by atoms with Gasteiger partial charge in [0.1, 0.15) is 5.82 Å². The fourth-order valence-electron chi connectivity index (χ4n) is 1.92. The molecule has 0 aliphatic heterocycles. The molecule has 0 unspecified atom stereocenters. The number of fused-ring (bicyclic) bond motifs is 1. The van der Waals surface area contributed by atoms with Gasteiger partial charge >= 0.3 is 6.18 Å². The molecule has 0 saturated heterocycles. The molecule has 3 rings (SSSR count). The normalized spacial score (nSPS) is 11.6. The first-order chi connectivity index (χ1) is 11.4. The summed E-state index contributed by atoms with van der Waals surface area (Å²) in [6.45, 7) is 0.488. The Balaban J connectivity index is 1.60. The van der Waals surface area contributed by atoms with Crippen LogP contribution in [0.5, 0.6) is 0 Å². The molecule has 24 heavy (non-hydrogen) atoms. The fraction of sp³-hybridized carbons (Fsp3) is 0.231. The summed E-state index contributed by atoms with van der Waals surface area (Å²) in [5.41, 5.74) is -0.0148. The van der Waals surface area contributed by atoms with Gasteiger partial charge in [-0.1, -0.05) is 0 Å². The molecular weight excluding hydrogens is 329 g/mol. The van der Waals surface area contributed by atoms with Gasteiger partial charge in [0.15, 0.2) is 11.4 Å². The summed E-state index contributed by atoms with van der Waals surface area (Å²) in [5.74, 6) is -1.22. The lowest BCUT2D eigenvalue weighted by Gasteiger charge is -2.08. The highest BCUT2D eigenvalue weighted by molar-refractivity contribution is 5.91. The second-order valence-corrected chi connectivity index (χ2v) is 4.67. The topological polar surface area (TPSA) is 97.3 Å². The maximum atomic E-state index is 12.8. The van der Waals surface area contributed by atoms with Gasteiger partial charge in [0.05, 0.1) is 6.26 Å². The summed E-state index contributed by atoms with van der Waals surface area (Å²) in [6.07, 6.45) is -3.27. The lowest BCUT2D eigenvalue weighted by atomic mass is 10.4. The van der Waals surface area contributed by atoms with Crippen molar-refractivity contribution in [1.82, 2.24) is 25.1 Å². The zero-order valence-corrected chi connectivity index (χ0v) is 12.0. The van der Waals surface area contributed by atoms with E-state index in [2.05, 4.69) is 25.9 Å². The highest BCUT2D eigenvalue weighted by atomic mass is 19.4. The van der Waals surface area contributed by atoms with Gasteiger partial charge in [-0.3, -0.25) is 4.79 Å². The van der Waals surface area contributed by atoms with Crippen molar-refractivity contribution in [2.45, 2.75) is 6.18 Å². The number of carbonyl (C=O) groups excluding carboxylic acids is 1. The van der Waals surface area contributed by atoms with E-state index in [9.17, 15) is 18.0 Å². The smallest absolute Gasteiger partial charge is 0.453 e. The first-order valence-corrected chi connectivity index (χ1v) is 6.80. The zero-order valence-electron chi connectivity index (χ0n) is 12.0.